The van der Waals surface area contributed by atoms with Gasteiger partial charge in [-0.15, -0.1) is 0 Å². The SMILES string of the molecule is CNC(=N)N(C(=O)c1ccc(-c2cnn(C(F)F)c2)cc1)[C@H](COC(=O)NC1COC1)c1ccc(Cl)c(-c2ncn[nH]2)c1. The van der Waals surface area contributed by atoms with Gasteiger partial charge in [0.1, 0.15) is 12.9 Å². The van der Waals surface area contributed by atoms with E-state index in [1.165, 1.54) is 37.9 Å². The molecule has 43 heavy (non-hydrogen) atoms. The molecular formula is C27H26ClF2N9O4. The number of nitrogens with zero attached hydrogens (tertiary/aromatic N) is 5. The van der Waals surface area contributed by atoms with Crippen molar-refractivity contribution in [2.75, 3.05) is 26.9 Å². The summed E-state index contributed by atoms with van der Waals surface area (Å²) >= 11 is 6.43. The third kappa shape index (κ3) is 6.62. The van der Waals surface area contributed by atoms with E-state index in [2.05, 4.69) is 30.9 Å². The van der Waals surface area contributed by atoms with Crippen molar-refractivity contribution in [3.8, 4) is 22.5 Å². The van der Waals surface area contributed by atoms with Crippen LogP contribution in [0.25, 0.3) is 22.5 Å². The zero-order chi connectivity index (χ0) is 30.5. The van der Waals surface area contributed by atoms with Crippen molar-refractivity contribution < 1.29 is 27.8 Å². The molecule has 0 radical (unpaired) electrons. The second-order valence-corrected chi connectivity index (χ2v) is 9.81. The predicted molar refractivity (Wildman–Crippen MR) is 151 cm³/mol. The lowest BCUT2D eigenvalue weighted by atomic mass is 10.0. The van der Waals surface area contributed by atoms with Crippen LogP contribution in [0.2, 0.25) is 5.02 Å². The summed E-state index contributed by atoms with van der Waals surface area (Å²) in [4.78, 5) is 31.8. The van der Waals surface area contributed by atoms with Crippen molar-refractivity contribution in [3.05, 3.63) is 77.3 Å². The van der Waals surface area contributed by atoms with E-state index in [4.69, 9.17) is 26.5 Å². The number of hydrogen-bond donors (Lipinski definition) is 4. The average molecular weight is 614 g/mol. The van der Waals surface area contributed by atoms with Gasteiger partial charge in [-0.1, -0.05) is 29.8 Å². The first kappa shape index (κ1) is 29.6. The summed E-state index contributed by atoms with van der Waals surface area (Å²) in [5.41, 5.74) is 2.16. The normalized spacial score (nSPS) is 13.7. The molecule has 5 rings (SSSR count). The molecule has 2 amide bonds. The molecule has 0 bridgehead atoms. The maximum atomic E-state index is 14.0. The lowest BCUT2D eigenvalue weighted by Gasteiger charge is -2.32. The van der Waals surface area contributed by atoms with Crippen LogP contribution in [0.5, 0.6) is 0 Å². The van der Waals surface area contributed by atoms with Gasteiger partial charge in [-0.25, -0.2) is 14.5 Å². The Bertz CT molecular complexity index is 1590. The van der Waals surface area contributed by atoms with Gasteiger partial charge in [0.05, 0.1) is 36.5 Å². The van der Waals surface area contributed by atoms with Gasteiger partial charge in [-0.05, 0) is 35.4 Å². The van der Waals surface area contributed by atoms with E-state index in [0.717, 1.165) is 4.90 Å². The molecule has 1 atom stereocenters. The number of aromatic amines is 1. The topological polar surface area (TPSA) is 163 Å². The molecule has 2 aromatic heterocycles. The molecule has 3 heterocycles. The standard InChI is InChI=1S/C27H26ClF2N9O4/c1-32-26(31)39(24(40)16-4-2-15(3-5-16)18-9-35-38(10-18)25(29)30)22(13-43-27(41)36-19-11-42-12-19)17-6-7-21(28)20(8-17)23-33-14-34-37-23/h2-10,14,19,22,25H,11-13H2,1H3,(H2,31,32)(H,36,41)(H,33,34,37)/t22-/m1/s1. The van der Waals surface area contributed by atoms with E-state index in [1.807, 2.05) is 0 Å². The van der Waals surface area contributed by atoms with E-state index >= 15 is 0 Å². The highest BCUT2D eigenvalue weighted by Crippen LogP contribution is 2.32. The second kappa shape index (κ2) is 13.0. The van der Waals surface area contributed by atoms with Gasteiger partial charge in [0.15, 0.2) is 11.8 Å². The van der Waals surface area contributed by atoms with Crippen LogP contribution in [-0.4, -0.2) is 80.7 Å². The van der Waals surface area contributed by atoms with Crippen molar-refractivity contribution in [3.63, 3.8) is 0 Å². The van der Waals surface area contributed by atoms with Gasteiger partial charge < -0.3 is 20.1 Å². The summed E-state index contributed by atoms with van der Waals surface area (Å²) in [7, 11) is 1.48. The van der Waals surface area contributed by atoms with Crippen molar-refractivity contribution in [2.45, 2.75) is 18.6 Å². The Morgan fingerprint density at radius 1 is 1.23 bits per heavy atom. The Morgan fingerprint density at radius 3 is 2.60 bits per heavy atom. The van der Waals surface area contributed by atoms with E-state index in [9.17, 15) is 18.4 Å². The Balaban J connectivity index is 1.47. The third-order valence-corrected chi connectivity index (χ3v) is 6.98. The third-order valence-electron chi connectivity index (χ3n) is 6.65. The number of nitrogens with one attached hydrogen (secondary N) is 4. The molecular weight excluding hydrogens is 588 g/mol. The number of guanidine groups is 1. The first-order chi connectivity index (χ1) is 20.7. The fourth-order valence-corrected chi connectivity index (χ4v) is 4.53. The number of aromatic nitrogens is 5. The maximum Gasteiger partial charge on any atom is 0.407 e. The van der Waals surface area contributed by atoms with E-state index in [0.29, 0.717) is 51.0 Å². The monoisotopic (exact) mass is 613 g/mol. The Hall–Kier alpha value is -4.89. The number of benzene rings is 2. The first-order valence-electron chi connectivity index (χ1n) is 12.9. The minimum absolute atomic E-state index is 0.181. The molecule has 0 unspecified atom stereocenters. The summed E-state index contributed by atoms with van der Waals surface area (Å²) in [6, 6.07) is 9.96. The number of carbonyl (C=O) groups excluding carboxylic acids is 2. The summed E-state index contributed by atoms with van der Waals surface area (Å²) in [6.07, 6.45) is 3.11. The number of rotatable bonds is 9. The number of alkyl carbamates (subject to hydrolysis) is 1. The smallest absolute Gasteiger partial charge is 0.407 e. The number of H-pyrrole nitrogens is 1. The zero-order valence-electron chi connectivity index (χ0n) is 22.6. The van der Waals surface area contributed by atoms with Crippen LogP contribution in [-0.2, 0) is 9.47 Å². The molecule has 16 heteroatoms. The van der Waals surface area contributed by atoms with Crippen molar-refractivity contribution in [2.24, 2.45) is 0 Å². The van der Waals surface area contributed by atoms with Gasteiger partial charge in [0, 0.05) is 29.9 Å². The molecule has 1 fully saturated rings. The van der Waals surface area contributed by atoms with Gasteiger partial charge in [0.25, 0.3) is 5.91 Å². The lowest BCUT2D eigenvalue weighted by molar-refractivity contribution is -0.00645. The van der Waals surface area contributed by atoms with Crippen molar-refractivity contribution in [1.29, 1.82) is 5.41 Å². The van der Waals surface area contributed by atoms with Crippen molar-refractivity contribution in [1.82, 2.24) is 40.5 Å². The highest BCUT2D eigenvalue weighted by molar-refractivity contribution is 6.33. The summed E-state index contributed by atoms with van der Waals surface area (Å²) in [6.45, 7) is -2.37. The number of carbonyl (C=O) groups is 2. The minimum atomic E-state index is -2.78. The van der Waals surface area contributed by atoms with Crippen LogP contribution in [0.1, 0.15) is 28.5 Å². The molecule has 0 saturated carbocycles. The van der Waals surface area contributed by atoms with Crippen LogP contribution in [0.15, 0.2) is 61.2 Å². The molecule has 4 N–H and O–H groups in total. The minimum Gasteiger partial charge on any atom is -0.447 e. The number of amides is 2. The molecule has 1 aliphatic heterocycles. The van der Waals surface area contributed by atoms with Crippen molar-refractivity contribution >= 4 is 29.6 Å². The largest absolute Gasteiger partial charge is 0.447 e. The van der Waals surface area contributed by atoms with Gasteiger partial charge >= 0.3 is 12.6 Å². The molecule has 13 nitrogen and oxygen atoms in total. The molecule has 4 aromatic rings. The fraction of sp³-hybridized carbons (Fsp3) is 0.259. The lowest BCUT2D eigenvalue weighted by Crippen LogP contribution is -2.50. The summed E-state index contributed by atoms with van der Waals surface area (Å²) < 4.78 is 37.1. The Morgan fingerprint density at radius 2 is 2.00 bits per heavy atom. The maximum absolute atomic E-state index is 14.0. The van der Waals surface area contributed by atoms with Crippen LogP contribution in [0.4, 0.5) is 13.6 Å². The molecule has 1 saturated heterocycles. The van der Waals surface area contributed by atoms with E-state index in [-0.39, 0.29) is 24.2 Å². The highest BCUT2D eigenvalue weighted by atomic mass is 35.5. The summed E-state index contributed by atoms with van der Waals surface area (Å²) in [5, 5.41) is 24.6. The molecule has 2 aromatic carbocycles. The number of alkyl halides is 2. The second-order valence-electron chi connectivity index (χ2n) is 9.40. The molecule has 0 aliphatic carbocycles. The van der Waals surface area contributed by atoms with E-state index < -0.39 is 24.6 Å². The summed E-state index contributed by atoms with van der Waals surface area (Å²) in [5.74, 6) is -0.488. The van der Waals surface area contributed by atoms with Crippen LogP contribution < -0.4 is 10.6 Å². The first-order valence-corrected chi connectivity index (χ1v) is 13.3. The van der Waals surface area contributed by atoms with Crippen LogP contribution >= 0.6 is 11.6 Å². The number of hydrogen-bond acceptors (Lipinski definition) is 8. The Kier molecular flexibility index (Phi) is 8.92. The molecule has 0 spiro atoms. The molecule has 1 aliphatic rings. The predicted octanol–water partition coefficient (Wildman–Crippen LogP) is 3.85. The number of ether oxygens (including phenoxy) is 2. The fourth-order valence-electron chi connectivity index (χ4n) is 4.33. The Labute approximate surface area is 248 Å². The zero-order valence-corrected chi connectivity index (χ0v) is 23.4. The molecule has 224 valence electrons. The van der Waals surface area contributed by atoms with Crippen LogP contribution in [0.3, 0.4) is 0 Å². The van der Waals surface area contributed by atoms with E-state index in [1.54, 1.807) is 30.3 Å². The number of halogens is 3. The quantitative estimate of drug-likeness (QED) is 0.163. The van der Waals surface area contributed by atoms with Gasteiger partial charge in [-0.3, -0.25) is 20.2 Å². The van der Waals surface area contributed by atoms with Crippen LogP contribution in [0, 0.1) is 5.41 Å². The average Bonchev–Trinajstić information content (AvgIpc) is 3.70. The van der Waals surface area contributed by atoms with Gasteiger partial charge in [-0.2, -0.15) is 19.0 Å². The highest BCUT2D eigenvalue weighted by Gasteiger charge is 2.32. The van der Waals surface area contributed by atoms with Gasteiger partial charge in [0.2, 0.25) is 0 Å².